The summed E-state index contributed by atoms with van der Waals surface area (Å²) in [6.07, 6.45) is 3.54. The molecule has 8 rings (SSSR count). The van der Waals surface area contributed by atoms with Crippen LogP contribution in [0.25, 0.3) is 45.1 Å². The molecule has 3 aliphatic heterocycles. The van der Waals surface area contributed by atoms with Crippen molar-refractivity contribution in [3.8, 4) is 40.1 Å². The fourth-order valence-electron chi connectivity index (χ4n) is 7.69. The van der Waals surface area contributed by atoms with Crippen LogP contribution in [0.2, 0.25) is 0 Å². The number of nitrogens with zero attached hydrogens (tertiary/aromatic N) is 6. The van der Waals surface area contributed by atoms with Crippen LogP contribution in [-0.2, 0) is 24.4 Å². The van der Waals surface area contributed by atoms with Gasteiger partial charge < -0.3 is 13.7 Å². The number of fused-ring (bicyclic) bond motifs is 2. The number of carbonyl (C=O) groups is 1. The Morgan fingerprint density at radius 1 is 0.896 bits per heavy atom. The summed E-state index contributed by atoms with van der Waals surface area (Å²) in [5, 5.41) is 9.98. The standard InChI is InChI=1S/C39H40N6O3/c1-24-12-15-44(19-24)20-27-16-28(18-40)37-33(17-27)41-39(48-37)32-11-7-9-30(26(32)3)29-8-6-10-31(25(29)2)38-42-34-21-45(22-35(34)47-38)36(46)23-43-13-4-5-14-43/h6-11,16-17,24H,4-5,12-15,19-23H2,1-3H3/t24-/m0/s1. The lowest BCUT2D eigenvalue weighted by Crippen LogP contribution is -2.36. The number of rotatable bonds is 7. The molecule has 0 saturated carbocycles. The van der Waals surface area contributed by atoms with Crippen molar-refractivity contribution >= 4 is 17.0 Å². The van der Waals surface area contributed by atoms with Crippen LogP contribution < -0.4 is 0 Å². The zero-order valence-corrected chi connectivity index (χ0v) is 27.9. The quantitative estimate of drug-likeness (QED) is 0.186. The highest BCUT2D eigenvalue weighted by molar-refractivity contribution is 5.85. The topological polar surface area (TPSA) is 103 Å². The first-order chi connectivity index (χ1) is 23.3. The Labute approximate surface area is 280 Å². The molecule has 5 heterocycles. The van der Waals surface area contributed by atoms with Crippen molar-refractivity contribution < 1.29 is 13.6 Å². The molecule has 0 spiro atoms. The Bertz CT molecular complexity index is 2060. The lowest BCUT2D eigenvalue weighted by atomic mass is 9.91. The Kier molecular flexibility index (Phi) is 7.86. The number of nitriles is 1. The van der Waals surface area contributed by atoms with Crippen LogP contribution >= 0.6 is 0 Å². The minimum Gasteiger partial charge on any atom is -0.439 e. The van der Waals surface area contributed by atoms with E-state index in [4.69, 9.17) is 18.8 Å². The number of hydrogen-bond acceptors (Lipinski definition) is 8. The second-order valence-corrected chi connectivity index (χ2v) is 13.8. The summed E-state index contributed by atoms with van der Waals surface area (Å²) in [6, 6.07) is 18.7. The SMILES string of the molecule is Cc1c(-c2nc3c(o2)CN(C(=O)CN2CCCC2)C3)cccc1-c1cccc(-c2nc3cc(CN4CC[C@H](C)C4)cc(C#N)c3o2)c1C. The average Bonchev–Trinajstić information content (AvgIpc) is 3.91. The second kappa shape index (κ2) is 12.3. The zero-order valence-electron chi connectivity index (χ0n) is 27.9. The highest BCUT2D eigenvalue weighted by Crippen LogP contribution is 2.39. The molecule has 244 valence electrons. The normalized spacial score (nSPS) is 18.2. The largest absolute Gasteiger partial charge is 0.439 e. The molecule has 0 bridgehead atoms. The molecular weight excluding hydrogens is 600 g/mol. The maximum atomic E-state index is 12.9. The number of likely N-dealkylation sites (tertiary alicyclic amines) is 2. The Morgan fingerprint density at radius 3 is 2.23 bits per heavy atom. The fourth-order valence-corrected chi connectivity index (χ4v) is 7.69. The van der Waals surface area contributed by atoms with Gasteiger partial charge in [-0.2, -0.15) is 5.26 Å². The van der Waals surface area contributed by atoms with Crippen LogP contribution in [0.1, 0.15) is 59.9 Å². The van der Waals surface area contributed by atoms with Crippen LogP contribution in [0.3, 0.4) is 0 Å². The van der Waals surface area contributed by atoms with Gasteiger partial charge in [0.15, 0.2) is 5.58 Å². The molecule has 0 unspecified atom stereocenters. The van der Waals surface area contributed by atoms with Gasteiger partial charge in [0.1, 0.15) is 23.0 Å². The van der Waals surface area contributed by atoms with E-state index in [0.29, 0.717) is 54.0 Å². The van der Waals surface area contributed by atoms with E-state index in [1.165, 1.54) is 19.3 Å². The van der Waals surface area contributed by atoms with Gasteiger partial charge in [-0.3, -0.25) is 14.6 Å². The minimum absolute atomic E-state index is 0.139. The summed E-state index contributed by atoms with van der Waals surface area (Å²) >= 11 is 0. The van der Waals surface area contributed by atoms with E-state index in [0.717, 1.165) is 83.1 Å². The van der Waals surface area contributed by atoms with Crippen molar-refractivity contribution in [3.05, 3.63) is 82.2 Å². The minimum atomic E-state index is 0.139. The number of amides is 1. The molecule has 5 aromatic rings. The lowest BCUT2D eigenvalue weighted by molar-refractivity contribution is -0.133. The fraction of sp³-hybridized carbons (Fsp3) is 0.385. The number of benzene rings is 3. The van der Waals surface area contributed by atoms with Crippen LogP contribution in [0.4, 0.5) is 0 Å². The summed E-state index contributed by atoms with van der Waals surface area (Å²) in [5.41, 5.74) is 9.75. The number of carbonyl (C=O) groups excluding carboxylic acids is 1. The van der Waals surface area contributed by atoms with Crippen molar-refractivity contribution in [2.75, 3.05) is 32.7 Å². The molecule has 0 aliphatic carbocycles. The third-order valence-corrected chi connectivity index (χ3v) is 10.4. The van der Waals surface area contributed by atoms with Crippen molar-refractivity contribution in [2.24, 2.45) is 5.92 Å². The third-order valence-electron chi connectivity index (χ3n) is 10.4. The maximum absolute atomic E-state index is 12.9. The molecule has 9 nitrogen and oxygen atoms in total. The second-order valence-electron chi connectivity index (χ2n) is 13.8. The van der Waals surface area contributed by atoms with Crippen molar-refractivity contribution in [3.63, 3.8) is 0 Å². The van der Waals surface area contributed by atoms with Crippen molar-refractivity contribution in [1.29, 1.82) is 5.26 Å². The molecule has 2 saturated heterocycles. The Balaban J connectivity index is 1.06. The summed E-state index contributed by atoms with van der Waals surface area (Å²) in [7, 11) is 0. The van der Waals surface area contributed by atoms with Crippen molar-refractivity contribution in [1.82, 2.24) is 24.7 Å². The van der Waals surface area contributed by atoms with Crippen LogP contribution in [0.5, 0.6) is 0 Å². The lowest BCUT2D eigenvalue weighted by Gasteiger charge is -2.20. The van der Waals surface area contributed by atoms with E-state index in [1.54, 1.807) is 0 Å². The summed E-state index contributed by atoms with van der Waals surface area (Å²) in [4.78, 5) is 29.2. The van der Waals surface area contributed by atoms with E-state index in [1.807, 2.05) is 35.2 Å². The Hall–Kier alpha value is -4.78. The van der Waals surface area contributed by atoms with E-state index in [2.05, 4.69) is 54.8 Å². The monoisotopic (exact) mass is 640 g/mol. The molecule has 3 aliphatic rings. The molecule has 0 radical (unpaired) electrons. The number of oxazole rings is 2. The number of aromatic nitrogens is 2. The first kappa shape index (κ1) is 30.5. The van der Waals surface area contributed by atoms with Crippen molar-refractivity contribution in [2.45, 2.75) is 59.7 Å². The predicted molar refractivity (Wildman–Crippen MR) is 184 cm³/mol. The molecule has 48 heavy (non-hydrogen) atoms. The number of hydrogen-bond donors (Lipinski definition) is 0. The molecule has 2 aromatic heterocycles. The predicted octanol–water partition coefficient (Wildman–Crippen LogP) is 7.09. The van der Waals surface area contributed by atoms with Crippen LogP contribution in [0, 0.1) is 31.1 Å². The first-order valence-corrected chi connectivity index (χ1v) is 17.1. The highest BCUT2D eigenvalue weighted by atomic mass is 16.4. The Morgan fingerprint density at radius 2 is 1.58 bits per heavy atom. The molecule has 1 atom stereocenters. The van der Waals surface area contributed by atoms with Gasteiger partial charge in [-0.25, -0.2) is 9.97 Å². The molecule has 1 amide bonds. The third kappa shape index (κ3) is 5.59. The summed E-state index contributed by atoms with van der Waals surface area (Å²) < 4.78 is 12.6. The van der Waals surface area contributed by atoms with Gasteiger partial charge in [-0.05, 0) is 111 Å². The van der Waals surface area contributed by atoms with Gasteiger partial charge in [-0.1, -0.05) is 31.2 Å². The smallest absolute Gasteiger partial charge is 0.237 e. The summed E-state index contributed by atoms with van der Waals surface area (Å²) in [6.45, 7) is 12.9. The molecule has 9 heteroatoms. The molecular formula is C39H40N6O3. The first-order valence-electron chi connectivity index (χ1n) is 17.1. The molecule has 0 N–H and O–H groups in total. The van der Waals surface area contributed by atoms with Gasteiger partial charge in [0.05, 0.1) is 25.2 Å². The van der Waals surface area contributed by atoms with Gasteiger partial charge >= 0.3 is 0 Å². The molecule has 3 aromatic carbocycles. The van der Waals surface area contributed by atoms with Gasteiger partial charge in [-0.15, -0.1) is 0 Å². The molecule has 2 fully saturated rings. The van der Waals surface area contributed by atoms with E-state index in [-0.39, 0.29) is 5.91 Å². The van der Waals surface area contributed by atoms with Gasteiger partial charge in [0.25, 0.3) is 0 Å². The summed E-state index contributed by atoms with van der Waals surface area (Å²) in [5.74, 6) is 2.70. The average molecular weight is 641 g/mol. The highest BCUT2D eigenvalue weighted by Gasteiger charge is 2.31. The van der Waals surface area contributed by atoms with Crippen LogP contribution in [-0.4, -0.2) is 63.3 Å². The van der Waals surface area contributed by atoms with E-state index in [9.17, 15) is 10.1 Å². The van der Waals surface area contributed by atoms with E-state index < -0.39 is 0 Å². The maximum Gasteiger partial charge on any atom is 0.237 e. The van der Waals surface area contributed by atoms with Gasteiger partial charge in [0.2, 0.25) is 17.7 Å². The van der Waals surface area contributed by atoms with Gasteiger partial charge in [0, 0.05) is 24.2 Å². The van der Waals surface area contributed by atoms with Crippen LogP contribution in [0.15, 0.2) is 57.4 Å². The zero-order chi connectivity index (χ0) is 32.9. The van der Waals surface area contributed by atoms with E-state index >= 15 is 0 Å².